The third-order valence-corrected chi connectivity index (χ3v) is 3.57. The lowest BCUT2D eigenvalue weighted by Crippen LogP contribution is -2.24. The minimum atomic E-state index is 0.324. The molecule has 1 aliphatic heterocycles. The maximum absolute atomic E-state index is 5.45. The molecule has 17 heavy (non-hydrogen) atoms. The molecule has 0 bridgehead atoms. The molecule has 1 aliphatic rings. The molecule has 0 spiro atoms. The van der Waals surface area contributed by atoms with Crippen molar-refractivity contribution in [2.24, 2.45) is 11.7 Å². The molecule has 0 saturated carbocycles. The molecule has 2 rings (SSSR count). The number of nitrogens with zero attached hydrogens (tertiary/aromatic N) is 3. The molecule has 0 aromatic carbocycles. The summed E-state index contributed by atoms with van der Waals surface area (Å²) in [7, 11) is 0. The quantitative estimate of drug-likeness (QED) is 0.861. The van der Waals surface area contributed by atoms with Gasteiger partial charge in [-0.2, -0.15) is 4.98 Å². The molecule has 0 radical (unpaired) electrons. The number of likely N-dealkylation sites (tertiary alicyclic amines) is 1. The molecule has 1 aromatic rings. The maximum atomic E-state index is 5.45. The summed E-state index contributed by atoms with van der Waals surface area (Å²) < 4.78 is 5.02. The second-order valence-electron chi connectivity index (χ2n) is 4.79. The first-order valence-electron chi connectivity index (χ1n) is 6.55. The van der Waals surface area contributed by atoms with Gasteiger partial charge in [0.25, 0.3) is 0 Å². The van der Waals surface area contributed by atoms with Crippen molar-refractivity contribution in [1.82, 2.24) is 15.0 Å². The van der Waals surface area contributed by atoms with Crippen molar-refractivity contribution >= 4 is 0 Å². The fourth-order valence-corrected chi connectivity index (χ4v) is 2.43. The highest BCUT2D eigenvalue weighted by molar-refractivity contribution is 4.86. The second kappa shape index (κ2) is 6.12. The average molecular weight is 238 g/mol. The Morgan fingerprint density at radius 1 is 1.41 bits per heavy atom. The summed E-state index contributed by atoms with van der Waals surface area (Å²) >= 11 is 0. The Morgan fingerprint density at radius 2 is 2.29 bits per heavy atom. The van der Waals surface area contributed by atoms with Gasteiger partial charge in [0.2, 0.25) is 5.89 Å². The zero-order valence-corrected chi connectivity index (χ0v) is 10.6. The molecule has 2 heterocycles. The summed E-state index contributed by atoms with van der Waals surface area (Å²) in [4.78, 5) is 6.67. The van der Waals surface area contributed by atoms with Gasteiger partial charge in [-0.15, -0.1) is 0 Å². The van der Waals surface area contributed by atoms with Crippen LogP contribution in [0.1, 0.15) is 44.3 Å². The third kappa shape index (κ3) is 3.51. The standard InChI is InChI=1S/C12H22N4O/c1-2-10-4-3-6-16(7-5-10)9-11-14-12(8-13)17-15-11/h10H,2-9,13H2,1H3. The van der Waals surface area contributed by atoms with E-state index in [9.17, 15) is 0 Å². The summed E-state index contributed by atoms with van der Waals surface area (Å²) in [6.45, 7) is 5.69. The van der Waals surface area contributed by atoms with Gasteiger partial charge in [0.05, 0.1) is 13.1 Å². The van der Waals surface area contributed by atoms with Crippen LogP contribution < -0.4 is 5.73 Å². The highest BCUT2D eigenvalue weighted by Crippen LogP contribution is 2.20. The van der Waals surface area contributed by atoms with E-state index in [0.717, 1.165) is 31.4 Å². The largest absolute Gasteiger partial charge is 0.338 e. The molecular weight excluding hydrogens is 216 g/mol. The van der Waals surface area contributed by atoms with E-state index < -0.39 is 0 Å². The van der Waals surface area contributed by atoms with E-state index in [4.69, 9.17) is 10.3 Å². The van der Waals surface area contributed by atoms with Crippen LogP contribution in [0.2, 0.25) is 0 Å². The Morgan fingerprint density at radius 3 is 3.00 bits per heavy atom. The van der Waals surface area contributed by atoms with Gasteiger partial charge in [0.1, 0.15) is 0 Å². The molecule has 5 heteroatoms. The summed E-state index contributed by atoms with van der Waals surface area (Å²) in [5.41, 5.74) is 5.45. The number of aromatic nitrogens is 2. The van der Waals surface area contributed by atoms with Crippen molar-refractivity contribution in [2.45, 2.75) is 45.7 Å². The van der Waals surface area contributed by atoms with Gasteiger partial charge in [-0.05, 0) is 38.3 Å². The summed E-state index contributed by atoms with van der Waals surface area (Å²) in [6.07, 6.45) is 5.22. The van der Waals surface area contributed by atoms with Gasteiger partial charge < -0.3 is 10.3 Å². The Bertz CT molecular complexity index is 339. The summed E-state index contributed by atoms with van der Waals surface area (Å²) in [5, 5.41) is 3.94. The zero-order chi connectivity index (χ0) is 12.1. The van der Waals surface area contributed by atoms with Crippen molar-refractivity contribution in [2.75, 3.05) is 13.1 Å². The molecular formula is C12H22N4O. The van der Waals surface area contributed by atoms with E-state index in [1.54, 1.807) is 0 Å². The van der Waals surface area contributed by atoms with Crippen LogP contribution in [0.5, 0.6) is 0 Å². The van der Waals surface area contributed by atoms with E-state index in [-0.39, 0.29) is 0 Å². The summed E-state index contributed by atoms with van der Waals surface area (Å²) in [6, 6.07) is 0. The van der Waals surface area contributed by atoms with E-state index in [2.05, 4.69) is 22.0 Å². The van der Waals surface area contributed by atoms with Crippen LogP contribution in [0.4, 0.5) is 0 Å². The Hall–Kier alpha value is -0.940. The van der Waals surface area contributed by atoms with Crippen molar-refractivity contribution < 1.29 is 4.52 Å². The van der Waals surface area contributed by atoms with Crippen LogP contribution in [0.15, 0.2) is 4.52 Å². The van der Waals surface area contributed by atoms with Gasteiger partial charge in [-0.3, -0.25) is 4.90 Å². The first-order valence-corrected chi connectivity index (χ1v) is 6.55. The topological polar surface area (TPSA) is 68.2 Å². The molecule has 96 valence electrons. The number of hydrogen-bond acceptors (Lipinski definition) is 5. The van der Waals surface area contributed by atoms with Crippen molar-refractivity contribution in [3.05, 3.63) is 11.7 Å². The highest BCUT2D eigenvalue weighted by atomic mass is 16.5. The lowest BCUT2D eigenvalue weighted by Gasteiger charge is -2.17. The van der Waals surface area contributed by atoms with Gasteiger partial charge in [0.15, 0.2) is 5.82 Å². The zero-order valence-electron chi connectivity index (χ0n) is 10.6. The van der Waals surface area contributed by atoms with Crippen molar-refractivity contribution in [1.29, 1.82) is 0 Å². The van der Waals surface area contributed by atoms with E-state index in [1.807, 2.05) is 0 Å². The number of nitrogens with two attached hydrogens (primary N) is 1. The Labute approximate surface area is 102 Å². The molecule has 1 aromatic heterocycles. The highest BCUT2D eigenvalue weighted by Gasteiger charge is 2.17. The van der Waals surface area contributed by atoms with Gasteiger partial charge in [-0.1, -0.05) is 18.5 Å². The summed E-state index contributed by atoms with van der Waals surface area (Å²) in [5.74, 6) is 2.19. The predicted octanol–water partition coefficient (Wildman–Crippen LogP) is 1.54. The molecule has 5 nitrogen and oxygen atoms in total. The molecule has 1 unspecified atom stereocenters. The van der Waals surface area contributed by atoms with Crippen molar-refractivity contribution in [3.63, 3.8) is 0 Å². The first-order chi connectivity index (χ1) is 8.31. The van der Waals surface area contributed by atoms with Crippen LogP contribution in [-0.4, -0.2) is 28.1 Å². The lowest BCUT2D eigenvalue weighted by atomic mass is 9.98. The van der Waals surface area contributed by atoms with Crippen LogP contribution in [0.25, 0.3) is 0 Å². The fraction of sp³-hybridized carbons (Fsp3) is 0.833. The van der Waals surface area contributed by atoms with E-state index in [1.165, 1.54) is 25.7 Å². The van der Waals surface area contributed by atoms with E-state index >= 15 is 0 Å². The lowest BCUT2D eigenvalue weighted by molar-refractivity contribution is 0.260. The van der Waals surface area contributed by atoms with Crippen LogP contribution in [0.3, 0.4) is 0 Å². The minimum Gasteiger partial charge on any atom is -0.338 e. The molecule has 0 aliphatic carbocycles. The third-order valence-electron chi connectivity index (χ3n) is 3.57. The van der Waals surface area contributed by atoms with Gasteiger partial charge in [0, 0.05) is 0 Å². The van der Waals surface area contributed by atoms with Gasteiger partial charge >= 0.3 is 0 Å². The van der Waals surface area contributed by atoms with Gasteiger partial charge in [-0.25, -0.2) is 0 Å². The van der Waals surface area contributed by atoms with Crippen molar-refractivity contribution in [3.8, 4) is 0 Å². The van der Waals surface area contributed by atoms with Crippen LogP contribution >= 0.6 is 0 Å². The SMILES string of the molecule is CCC1CCCN(Cc2noc(CN)n2)CC1. The number of rotatable bonds is 4. The molecule has 2 N–H and O–H groups in total. The first kappa shape index (κ1) is 12.5. The van der Waals surface area contributed by atoms with Crippen LogP contribution in [0, 0.1) is 5.92 Å². The Balaban J connectivity index is 1.86. The van der Waals surface area contributed by atoms with E-state index in [0.29, 0.717) is 12.4 Å². The number of hydrogen-bond donors (Lipinski definition) is 1. The minimum absolute atomic E-state index is 0.324. The molecule has 0 amide bonds. The molecule has 1 atom stereocenters. The predicted molar refractivity (Wildman–Crippen MR) is 65.1 cm³/mol. The van der Waals surface area contributed by atoms with Crippen LogP contribution in [-0.2, 0) is 13.1 Å². The Kier molecular flexibility index (Phi) is 4.50. The smallest absolute Gasteiger partial charge is 0.240 e. The fourth-order valence-electron chi connectivity index (χ4n) is 2.43. The average Bonchev–Trinajstić information content (AvgIpc) is 2.68. The second-order valence-corrected chi connectivity index (χ2v) is 4.79. The monoisotopic (exact) mass is 238 g/mol. The molecule has 1 fully saturated rings. The maximum Gasteiger partial charge on any atom is 0.240 e. The normalized spacial score (nSPS) is 22.6. The molecule has 1 saturated heterocycles.